The molecule has 1 rings (SSSR count). The van der Waals surface area contributed by atoms with Crippen molar-refractivity contribution < 1.29 is 9.90 Å². The fraction of sp³-hybridized carbons (Fsp3) is 0.500. The highest BCUT2D eigenvalue weighted by atomic mass is 16.4. The summed E-state index contributed by atoms with van der Waals surface area (Å²) in [5.41, 5.74) is 1.29. The second-order valence-electron chi connectivity index (χ2n) is 5.64. The highest BCUT2D eigenvalue weighted by Gasteiger charge is 2.18. The Bertz CT molecular complexity index is 414. The molecule has 0 unspecified atom stereocenters. The third-order valence-corrected chi connectivity index (χ3v) is 2.62. The molecule has 0 aliphatic carbocycles. The molecule has 0 aromatic heterocycles. The molecule has 100 valence electrons. The zero-order valence-corrected chi connectivity index (χ0v) is 11.5. The number of aromatic carboxylic acids is 1. The largest absolute Gasteiger partial charge is 0.478 e. The number of anilines is 1. The van der Waals surface area contributed by atoms with Crippen molar-refractivity contribution >= 4 is 11.7 Å². The molecule has 0 saturated heterocycles. The number of benzene rings is 1. The highest BCUT2D eigenvalue weighted by Crippen LogP contribution is 2.18. The van der Waals surface area contributed by atoms with Crippen LogP contribution in [0.4, 0.5) is 5.69 Å². The Morgan fingerprint density at radius 1 is 1.39 bits per heavy atom. The van der Waals surface area contributed by atoms with Crippen LogP contribution in [0.5, 0.6) is 0 Å². The lowest BCUT2D eigenvalue weighted by molar-refractivity contribution is 0.0697. The molecule has 0 amide bonds. The van der Waals surface area contributed by atoms with Gasteiger partial charge in [-0.2, -0.15) is 0 Å². The summed E-state index contributed by atoms with van der Waals surface area (Å²) in [4.78, 5) is 13.0. The van der Waals surface area contributed by atoms with Crippen LogP contribution < -0.4 is 5.32 Å². The first-order valence-corrected chi connectivity index (χ1v) is 6.02. The molecule has 4 heteroatoms. The summed E-state index contributed by atoms with van der Waals surface area (Å²) in [6.45, 7) is 6.13. The molecule has 0 aliphatic heterocycles. The molecule has 1 aromatic carbocycles. The Morgan fingerprint density at radius 3 is 2.61 bits per heavy atom. The molecule has 18 heavy (non-hydrogen) atoms. The van der Waals surface area contributed by atoms with Crippen LogP contribution in [-0.2, 0) is 0 Å². The Morgan fingerprint density at radius 2 is 2.06 bits per heavy atom. The Hall–Kier alpha value is -1.55. The predicted octanol–water partition coefficient (Wildman–Crippen LogP) is 2.38. The highest BCUT2D eigenvalue weighted by molar-refractivity contribution is 5.88. The quantitative estimate of drug-likeness (QED) is 0.814. The molecule has 1 aromatic rings. The van der Waals surface area contributed by atoms with Crippen LogP contribution in [0.3, 0.4) is 0 Å². The minimum Gasteiger partial charge on any atom is -0.478 e. The van der Waals surface area contributed by atoms with Gasteiger partial charge in [-0.05, 0) is 37.7 Å². The third-order valence-electron chi connectivity index (χ3n) is 2.62. The first-order valence-electron chi connectivity index (χ1n) is 6.02. The van der Waals surface area contributed by atoms with E-state index in [1.165, 1.54) is 0 Å². The van der Waals surface area contributed by atoms with Crippen LogP contribution in [0.15, 0.2) is 24.3 Å². The SMILES string of the molecule is CN(C)CC(C)(C)CNc1cccc(C(=O)O)c1. The third kappa shape index (κ3) is 4.75. The maximum absolute atomic E-state index is 10.9. The summed E-state index contributed by atoms with van der Waals surface area (Å²) in [6, 6.07) is 6.90. The van der Waals surface area contributed by atoms with E-state index in [-0.39, 0.29) is 5.41 Å². The second kappa shape index (κ2) is 5.87. The van der Waals surface area contributed by atoms with Gasteiger partial charge in [-0.25, -0.2) is 4.79 Å². The standard InChI is InChI=1S/C14H22N2O2/c1-14(2,10-16(3)4)9-15-12-7-5-6-11(8-12)13(17)18/h5-8,15H,9-10H2,1-4H3,(H,17,18). The van der Waals surface area contributed by atoms with Crippen LogP contribution in [-0.4, -0.2) is 43.2 Å². The molecule has 0 bridgehead atoms. The van der Waals surface area contributed by atoms with Gasteiger partial charge in [0.25, 0.3) is 0 Å². The van der Waals surface area contributed by atoms with Gasteiger partial charge >= 0.3 is 5.97 Å². The van der Waals surface area contributed by atoms with E-state index < -0.39 is 5.97 Å². The topological polar surface area (TPSA) is 52.6 Å². The lowest BCUT2D eigenvalue weighted by Gasteiger charge is -2.28. The summed E-state index contributed by atoms with van der Waals surface area (Å²) < 4.78 is 0. The average molecular weight is 250 g/mol. The van der Waals surface area contributed by atoms with E-state index in [1.807, 2.05) is 20.2 Å². The van der Waals surface area contributed by atoms with Gasteiger partial charge in [-0.1, -0.05) is 19.9 Å². The van der Waals surface area contributed by atoms with Crippen molar-refractivity contribution in [2.45, 2.75) is 13.8 Å². The summed E-state index contributed by atoms with van der Waals surface area (Å²) in [7, 11) is 4.10. The fourth-order valence-corrected chi connectivity index (χ4v) is 2.02. The maximum atomic E-state index is 10.9. The smallest absolute Gasteiger partial charge is 0.335 e. The lowest BCUT2D eigenvalue weighted by Crippen LogP contribution is -2.34. The minimum absolute atomic E-state index is 0.128. The second-order valence-corrected chi connectivity index (χ2v) is 5.64. The number of hydrogen-bond acceptors (Lipinski definition) is 3. The van der Waals surface area contributed by atoms with Gasteiger partial charge in [0.05, 0.1) is 5.56 Å². The Balaban J connectivity index is 2.63. The van der Waals surface area contributed by atoms with Gasteiger partial charge in [0.1, 0.15) is 0 Å². The number of hydrogen-bond donors (Lipinski definition) is 2. The normalized spacial score (nSPS) is 11.6. The van der Waals surface area contributed by atoms with E-state index in [9.17, 15) is 4.79 Å². The maximum Gasteiger partial charge on any atom is 0.335 e. The van der Waals surface area contributed by atoms with Gasteiger partial charge < -0.3 is 15.3 Å². The number of nitrogens with zero attached hydrogens (tertiary/aromatic N) is 1. The molecular weight excluding hydrogens is 228 g/mol. The first-order chi connectivity index (χ1) is 8.30. The van der Waals surface area contributed by atoms with Crippen LogP contribution in [0, 0.1) is 5.41 Å². The van der Waals surface area contributed by atoms with Crippen molar-refractivity contribution in [3.63, 3.8) is 0 Å². The van der Waals surface area contributed by atoms with E-state index in [2.05, 4.69) is 24.1 Å². The average Bonchev–Trinajstić information content (AvgIpc) is 2.25. The van der Waals surface area contributed by atoms with Crippen molar-refractivity contribution in [2.75, 3.05) is 32.5 Å². The zero-order chi connectivity index (χ0) is 13.8. The van der Waals surface area contributed by atoms with Gasteiger partial charge in [0, 0.05) is 18.8 Å². The van der Waals surface area contributed by atoms with Crippen molar-refractivity contribution in [2.24, 2.45) is 5.41 Å². The van der Waals surface area contributed by atoms with Crippen molar-refractivity contribution in [1.82, 2.24) is 4.90 Å². The Labute approximate surface area is 109 Å². The molecule has 4 nitrogen and oxygen atoms in total. The number of carboxylic acid groups (broad SMARTS) is 1. The van der Waals surface area contributed by atoms with E-state index in [4.69, 9.17) is 5.11 Å². The molecule has 0 fully saturated rings. The molecular formula is C14H22N2O2. The van der Waals surface area contributed by atoms with Crippen LogP contribution in [0.25, 0.3) is 0 Å². The van der Waals surface area contributed by atoms with Crippen molar-refractivity contribution in [3.8, 4) is 0 Å². The van der Waals surface area contributed by atoms with Gasteiger partial charge in [-0.3, -0.25) is 0 Å². The summed E-state index contributed by atoms with van der Waals surface area (Å²) in [5.74, 6) is -0.897. The molecule has 0 heterocycles. The number of rotatable bonds is 6. The van der Waals surface area contributed by atoms with Crippen LogP contribution in [0.2, 0.25) is 0 Å². The number of carboxylic acids is 1. The molecule has 0 spiro atoms. The van der Waals surface area contributed by atoms with Gasteiger partial charge in [-0.15, -0.1) is 0 Å². The Kier molecular flexibility index (Phi) is 4.73. The zero-order valence-electron chi connectivity index (χ0n) is 11.5. The first kappa shape index (κ1) is 14.5. The van der Waals surface area contributed by atoms with Crippen LogP contribution >= 0.6 is 0 Å². The van der Waals surface area contributed by atoms with Crippen molar-refractivity contribution in [1.29, 1.82) is 0 Å². The van der Waals surface area contributed by atoms with E-state index in [0.29, 0.717) is 5.56 Å². The molecule has 0 radical (unpaired) electrons. The lowest BCUT2D eigenvalue weighted by atomic mass is 9.93. The predicted molar refractivity (Wildman–Crippen MR) is 74.2 cm³/mol. The van der Waals surface area contributed by atoms with Gasteiger partial charge in [0.2, 0.25) is 0 Å². The molecule has 0 saturated carbocycles. The minimum atomic E-state index is -0.897. The van der Waals surface area contributed by atoms with E-state index in [0.717, 1.165) is 18.8 Å². The van der Waals surface area contributed by atoms with E-state index in [1.54, 1.807) is 18.2 Å². The summed E-state index contributed by atoms with van der Waals surface area (Å²) in [5, 5.41) is 12.2. The summed E-state index contributed by atoms with van der Waals surface area (Å²) in [6.07, 6.45) is 0. The van der Waals surface area contributed by atoms with Crippen molar-refractivity contribution in [3.05, 3.63) is 29.8 Å². The van der Waals surface area contributed by atoms with Crippen LogP contribution in [0.1, 0.15) is 24.2 Å². The molecule has 2 N–H and O–H groups in total. The number of carbonyl (C=O) groups is 1. The summed E-state index contributed by atoms with van der Waals surface area (Å²) >= 11 is 0. The molecule has 0 aliphatic rings. The molecule has 0 atom stereocenters. The fourth-order valence-electron chi connectivity index (χ4n) is 2.02. The van der Waals surface area contributed by atoms with E-state index >= 15 is 0 Å². The number of nitrogens with one attached hydrogen (secondary N) is 1. The van der Waals surface area contributed by atoms with Gasteiger partial charge in [0.15, 0.2) is 0 Å². The monoisotopic (exact) mass is 250 g/mol.